The van der Waals surface area contributed by atoms with Gasteiger partial charge >= 0.3 is 23.9 Å². The number of hydrogen-bond acceptors (Lipinski definition) is 12. The number of amides is 2. The van der Waals surface area contributed by atoms with Crippen molar-refractivity contribution in [3.05, 3.63) is 71.8 Å². The number of esters is 4. The van der Waals surface area contributed by atoms with Gasteiger partial charge in [0.2, 0.25) is 22.9 Å². The van der Waals surface area contributed by atoms with E-state index in [1.807, 2.05) is 0 Å². The van der Waals surface area contributed by atoms with E-state index in [0.29, 0.717) is 9.80 Å². The van der Waals surface area contributed by atoms with E-state index >= 15 is 0 Å². The van der Waals surface area contributed by atoms with Crippen LogP contribution >= 0.6 is 0 Å². The molecule has 2 N–H and O–H groups in total. The number of benzene rings is 2. The molecule has 2 amide bonds. The Morgan fingerprint density at radius 2 is 1.00 bits per heavy atom. The number of aliphatic hydroxyl groups is 2. The van der Waals surface area contributed by atoms with Crippen molar-refractivity contribution in [1.82, 2.24) is 9.80 Å². The minimum atomic E-state index is -2.71. The lowest BCUT2D eigenvalue weighted by molar-refractivity contribution is -0.271. The first kappa shape index (κ1) is 28.7. The fraction of sp³-hybridized carbons (Fsp3) is 0.357. The fourth-order valence-corrected chi connectivity index (χ4v) is 6.00. The molecule has 220 valence electrons. The van der Waals surface area contributed by atoms with Crippen LogP contribution in [0.5, 0.6) is 0 Å². The summed E-state index contributed by atoms with van der Waals surface area (Å²) in [6, 6.07) is 15.1. The summed E-state index contributed by atoms with van der Waals surface area (Å²) in [6.07, 6.45) is -9.92. The number of fused-ring (bicyclic) bond motifs is 2. The average Bonchev–Trinajstić information content (AvgIpc) is 3.47. The van der Waals surface area contributed by atoms with Gasteiger partial charge in [-0.1, -0.05) is 36.4 Å². The monoisotopic (exact) mass is 582 g/mol. The number of aliphatic hydroxyl groups excluding tert-OH is 2. The Kier molecular flexibility index (Phi) is 7.20. The molecule has 3 heterocycles. The van der Waals surface area contributed by atoms with Gasteiger partial charge in [0.25, 0.3) is 0 Å². The summed E-state index contributed by atoms with van der Waals surface area (Å²) in [5, 5.41) is 23.6. The zero-order valence-electron chi connectivity index (χ0n) is 22.4. The highest BCUT2D eigenvalue weighted by atomic mass is 16.6. The lowest BCUT2D eigenvalue weighted by Crippen LogP contribution is -2.85. The van der Waals surface area contributed by atoms with Gasteiger partial charge in [-0.25, -0.2) is 19.2 Å². The van der Waals surface area contributed by atoms with Crippen LogP contribution in [-0.4, -0.2) is 106 Å². The molecule has 0 saturated carbocycles. The molecule has 42 heavy (non-hydrogen) atoms. The maximum atomic E-state index is 13.5. The number of nitrogens with zero attached hydrogens (tertiary/aromatic N) is 2. The third kappa shape index (κ3) is 3.86. The number of methoxy groups -OCH3 is 2. The summed E-state index contributed by atoms with van der Waals surface area (Å²) in [5.74, 6) is -6.72. The van der Waals surface area contributed by atoms with Gasteiger partial charge in [-0.2, -0.15) is 0 Å². The molecule has 3 aliphatic rings. The smallest absolute Gasteiger partial charge is 0.340 e. The molecule has 2 unspecified atom stereocenters. The number of hydrogen-bond donors (Lipinski definition) is 2. The number of carbonyl (C=O) groups excluding carboxylic acids is 6. The molecule has 14 heteroatoms. The van der Waals surface area contributed by atoms with E-state index in [1.54, 1.807) is 36.4 Å². The van der Waals surface area contributed by atoms with Crippen molar-refractivity contribution in [2.45, 2.75) is 48.6 Å². The normalized spacial score (nSPS) is 29.8. The minimum absolute atomic E-state index is 0.0447. The summed E-state index contributed by atoms with van der Waals surface area (Å²) in [7, 11) is 1.84. The number of rotatable bonds is 6. The van der Waals surface area contributed by atoms with Crippen LogP contribution < -0.4 is 0 Å². The lowest BCUT2D eigenvalue weighted by Gasteiger charge is -2.57. The molecule has 3 saturated heterocycles. The molecule has 6 atom stereocenters. The van der Waals surface area contributed by atoms with Crippen molar-refractivity contribution < 1.29 is 57.9 Å². The molecule has 0 aliphatic carbocycles. The summed E-state index contributed by atoms with van der Waals surface area (Å²) < 4.78 is 20.8. The van der Waals surface area contributed by atoms with Crippen molar-refractivity contribution in [3.8, 4) is 0 Å². The quantitative estimate of drug-likeness (QED) is 0.325. The van der Waals surface area contributed by atoms with E-state index in [-0.39, 0.29) is 11.1 Å². The second-order valence-corrected chi connectivity index (χ2v) is 9.84. The predicted molar refractivity (Wildman–Crippen MR) is 136 cm³/mol. The van der Waals surface area contributed by atoms with Crippen LogP contribution in [-0.2, 0) is 38.1 Å². The molecule has 0 bridgehead atoms. The van der Waals surface area contributed by atoms with Crippen LogP contribution in [0.1, 0.15) is 33.6 Å². The van der Waals surface area contributed by atoms with Gasteiger partial charge in [0.05, 0.1) is 38.2 Å². The highest BCUT2D eigenvalue weighted by Crippen LogP contribution is 2.52. The maximum Gasteiger partial charge on any atom is 0.340 e. The van der Waals surface area contributed by atoms with Crippen LogP contribution in [0.25, 0.3) is 0 Å². The second kappa shape index (κ2) is 10.5. The maximum absolute atomic E-state index is 13.5. The first-order valence-corrected chi connectivity index (χ1v) is 12.8. The topological polar surface area (TPSA) is 186 Å². The van der Waals surface area contributed by atoms with Gasteiger partial charge in [0.15, 0.2) is 12.5 Å². The van der Waals surface area contributed by atoms with Gasteiger partial charge in [0.1, 0.15) is 12.2 Å². The highest BCUT2D eigenvalue weighted by Gasteiger charge is 2.81. The van der Waals surface area contributed by atoms with Crippen molar-refractivity contribution in [1.29, 1.82) is 0 Å². The first-order valence-electron chi connectivity index (χ1n) is 12.8. The Labute approximate surface area is 238 Å². The van der Waals surface area contributed by atoms with E-state index in [2.05, 4.69) is 0 Å². The molecule has 0 aromatic heterocycles. The van der Waals surface area contributed by atoms with Crippen LogP contribution in [0, 0.1) is 0 Å². The molecule has 0 spiro atoms. The minimum Gasteiger partial charge on any atom is -0.467 e. The largest absolute Gasteiger partial charge is 0.467 e. The summed E-state index contributed by atoms with van der Waals surface area (Å²) in [6.45, 7) is 0. The summed E-state index contributed by atoms with van der Waals surface area (Å²) in [4.78, 5) is 80.8. The molecule has 2 aromatic carbocycles. The van der Waals surface area contributed by atoms with Crippen LogP contribution in [0.3, 0.4) is 0 Å². The van der Waals surface area contributed by atoms with Gasteiger partial charge in [-0.05, 0) is 24.3 Å². The van der Waals surface area contributed by atoms with Crippen LogP contribution in [0.2, 0.25) is 0 Å². The van der Waals surface area contributed by atoms with E-state index < -0.39 is 84.3 Å². The Balaban J connectivity index is 1.63. The van der Waals surface area contributed by atoms with Gasteiger partial charge in [-0.3, -0.25) is 19.4 Å². The molecule has 14 nitrogen and oxygen atoms in total. The van der Waals surface area contributed by atoms with E-state index in [1.165, 1.54) is 24.3 Å². The molecular weight excluding hydrogens is 556 g/mol. The van der Waals surface area contributed by atoms with Crippen LogP contribution in [0.15, 0.2) is 60.7 Å². The Morgan fingerprint density at radius 1 is 0.667 bits per heavy atom. The van der Waals surface area contributed by atoms with Gasteiger partial charge < -0.3 is 29.2 Å². The SMILES string of the molecule is COC(=O)[C@]12C(O)N3C(=O)C[C@H](OC(=O)c4ccccc4)[C@@]3(C(=O)OC)C(O)N1C(=O)C[C@@H]2OC(=O)c1ccccc1. The third-order valence-electron chi connectivity index (χ3n) is 7.86. The first-order chi connectivity index (χ1) is 20.1. The van der Waals surface area contributed by atoms with Gasteiger partial charge in [-0.15, -0.1) is 0 Å². The number of piperazine rings is 1. The molecule has 3 aliphatic heterocycles. The van der Waals surface area contributed by atoms with Crippen molar-refractivity contribution >= 4 is 35.7 Å². The third-order valence-corrected chi connectivity index (χ3v) is 7.86. The average molecular weight is 583 g/mol. The number of ether oxygens (including phenoxy) is 4. The zero-order valence-corrected chi connectivity index (χ0v) is 22.4. The number of carbonyl (C=O) groups is 6. The van der Waals surface area contributed by atoms with E-state index in [4.69, 9.17) is 18.9 Å². The van der Waals surface area contributed by atoms with Crippen molar-refractivity contribution in [2.75, 3.05) is 14.2 Å². The zero-order chi connectivity index (χ0) is 30.4. The molecule has 5 rings (SSSR count). The lowest BCUT2D eigenvalue weighted by atomic mass is 9.79. The van der Waals surface area contributed by atoms with Crippen LogP contribution in [0.4, 0.5) is 0 Å². The predicted octanol–water partition coefficient (Wildman–Crippen LogP) is -0.624. The summed E-state index contributed by atoms with van der Waals surface area (Å²) >= 11 is 0. The Bertz CT molecular complexity index is 1340. The van der Waals surface area contributed by atoms with Crippen molar-refractivity contribution in [2.24, 2.45) is 0 Å². The standard InChI is InChI=1S/C28H26N2O12/c1-39-25(37)27-17(41-21(33)15-9-5-3-6-10-15)13-19(31)29(27)24(36)28(26(38)40-2)18(14-20(32)30(28)23(27)35)42-22(34)16-11-7-4-8-12-16/h3-12,17-18,23-24,35-36H,13-14H2,1-2H3/t17-,18-,23?,24?,27-,28-/m0/s1. The highest BCUT2D eigenvalue weighted by molar-refractivity contribution is 6.02. The molecule has 2 aromatic rings. The molecular formula is C28H26N2O12. The summed E-state index contributed by atoms with van der Waals surface area (Å²) in [5.41, 5.74) is -5.32. The molecule has 0 radical (unpaired) electrons. The Morgan fingerprint density at radius 3 is 1.31 bits per heavy atom. The van der Waals surface area contributed by atoms with E-state index in [9.17, 15) is 39.0 Å². The van der Waals surface area contributed by atoms with Gasteiger partial charge in [0, 0.05) is 0 Å². The fourth-order valence-electron chi connectivity index (χ4n) is 6.00. The molecule has 3 fully saturated rings. The Hall–Kier alpha value is -4.82. The van der Waals surface area contributed by atoms with Crippen molar-refractivity contribution in [3.63, 3.8) is 0 Å². The van der Waals surface area contributed by atoms with E-state index in [0.717, 1.165) is 14.2 Å². The second-order valence-electron chi connectivity index (χ2n) is 9.84.